The third kappa shape index (κ3) is 2.25. The Hall–Kier alpha value is -2.08. The summed E-state index contributed by atoms with van der Waals surface area (Å²) in [6, 6.07) is 5.89. The van der Waals surface area contributed by atoms with Gasteiger partial charge in [-0.25, -0.2) is 9.97 Å². The van der Waals surface area contributed by atoms with Crippen molar-refractivity contribution in [3.63, 3.8) is 0 Å². The lowest BCUT2D eigenvalue weighted by atomic mass is 10.2. The second kappa shape index (κ2) is 5.37. The lowest BCUT2D eigenvalue weighted by Crippen LogP contribution is -2.09. The molecule has 3 aromatic rings. The van der Waals surface area contributed by atoms with Crippen molar-refractivity contribution >= 4 is 28.3 Å². The van der Waals surface area contributed by atoms with Crippen LogP contribution in [0.5, 0.6) is 5.75 Å². The fraction of sp³-hybridized carbons (Fsp3) is 0.333. The van der Waals surface area contributed by atoms with Crippen LogP contribution in [-0.4, -0.2) is 21.6 Å². The Bertz CT molecular complexity index is 777. The van der Waals surface area contributed by atoms with E-state index in [1.165, 1.54) is 4.88 Å². The number of thiazole rings is 1. The van der Waals surface area contributed by atoms with Crippen LogP contribution in [-0.2, 0) is 6.42 Å². The molecule has 0 bridgehead atoms. The third-order valence-corrected chi connectivity index (χ3v) is 4.91. The highest BCUT2D eigenvalue weighted by Gasteiger charge is 2.19. The summed E-state index contributed by atoms with van der Waals surface area (Å²) in [6.07, 6.45) is 2.94. The van der Waals surface area contributed by atoms with Crippen molar-refractivity contribution < 1.29 is 4.74 Å². The van der Waals surface area contributed by atoms with E-state index in [4.69, 9.17) is 10.5 Å². The summed E-state index contributed by atoms with van der Waals surface area (Å²) in [5.74, 6) is 1.22. The predicted octanol–water partition coefficient (Wildman–Crippen LogP) is 3.26. The molecular weight excluding hydrogens is 284 g/mol. The Morgan fingerprint density at radius 2 is 2.24 bits per heavy atom. The smallest absolute Gasteiger partial charge is 0.202 e. The Morgan fingerprint density at radius 3 is 2.90 bits per heavy atom. The third-order valence-electron chi connectivity index (χ3n) is 3.59. The molecule has 1 unspecified atom stereocenters. The molecule has 0 saturated heterocycles. The van der Waals surface area contributed by atoms with Crippen LogP contribution in [0, 0.1) is 0 Å². The van der Waals surface area contributed by atoms with Gasteiger partial charge in [0.25, 0.3) is 0 Å². The van der Waals surface area contributed by atoms with Crippen molar-refractivity contribution in [2.24, 2.45) is 0 Å². The SMILES string of the molecule is CCc1cnc(C(C)n2c(N)nc3c(OC)cccc32)s1. The molecule has 0 fully saturated rings. The summed E-state index contributed by atoms with van der Waals surface area (Å²) < 4.78 is 7.37. The van der Waals surface area contributed by atoms with E-state index in [0.29, 0.717) is 5.95 Å². The maximum atomic E-state index is 6.13. The van der Waals surface area contributed by atoms with E-state index in [-0.39, 0.29) is 6.04 Å². The zero-order chi connectivity index (χ0) is 15.0. The topological polar surface area (TPSA) is 66.0 Å². The highest BCUT2D eigenvalue weighted by Crippen LogP contribution is 2.33. The monoisotopic (exact) mass is 302 g/mol. The van der Waals surface area contributed by atoms with Gasteiger partial charge in [0, 0.05) is 11.1 Å². The lowest BCUT2D eigenvalue weighted by molar-refractivity contribution is 0.419. The number of ether oxygens (including phenoxy) is 1. The largest absolute Gasteiger partial charge is 0.494 e. The predicted molar refractivity (Wildman–Crippen MR) is 86.0 cm³/mol. The minimum atomic E-state index is 0.0485. The standard InChI is InChI=1S/C15H18N4OS/c1-4-10-8-17-14(21-10)9(2)19-11-6-5-7-12(20-3)13(11)18-15(19)16/h5-9H,4H2,1-3H3,(H2,16,18). The molecule has 0 aliphatic rings. The van der Waals surface area contributed by atoms with E-state index in [9.17, 15) is 0 Å². The molecule has 2 heterocycles. The normalized spacial score (nSPS) is 12.7. The van der Waals surface area contributed by atoms with Crippen molar-refractivity contribution in [2.45, 2.75) is 26.3 Å². The molecular formula is C15H18N4OS. The molecule has 0 aliphatic carbocycles. The number of anilines is 1. The molecule has 1 aromatic carbocycles. The quantitative estimate of drug-likeness (QED) is 0.803. The molecule has 0 radical (unpaired) electrons. The number of nitrogen functional groups attached to an aromatic ring is 1. The van der Waals surface area contributed by atoms with Gasteiger partial charge in [0.15, 0.2) is 0 Å². The van der Waals surface area contributed by atoms with Crippen molar-refractivity contribution in [3.05, 3.63) is 34.3 Å². The first-order valence-corrected chi connectivity index (χ1v) is 7.72. The highest BCUT2D eigenvalue weighted by molar-refractivity contribution is 7.11. The number of aryl methyl sites for hydroxylation is 1. The molecule has 6 heteroatoms. The van der Waals surface area contributed by atoms with Gasteiger partial charge in [-0.2, -0.15) is 0 Å². The summed E-state index contributed by atoms with van der Waals surface area (Å²) in [6.45, 7) is 4.23. The van der Waals surface area contributed by atoms with Gasteiger partial charge < -0.3 is 15.0 Å². The number of fused-ring (bicyclic) bond motifs is 1. The number of hydrogen-bond donors (Lipinski definition) is 1. The van der Waals surface area contributed by atoms with Crippen LogP contribution in [0.15, 0.2) is 24.4 Å². The molecule has 3 rings (SSSR count). The first-order valence-electron chi connectivity index (χ1n) is 6.90. The zero-order valence-corrected chi connectivity index (χ0v) is 13.1. The van der Waals surface area contributed by atoms with E-state index >= 15 is 0 Å². The van der Waals surface area contributed by atoms with Crippen molar-refractivity contribution in [2.75, 3.05) is 12.8 Å². The van der Waals surface area contributed by atoms with Crippen LogP contribution < -0.4 is 10.5 Å². The van der Waals surface area contributed by atoms with E-state index in [1.807, 2.05) is 29.0 Å². The number of para-hydroxylation sites is 1. The van der Waals surface area contributed by atoms with Crippen molar-refractivity contribution in [3.8, 4) is 5.75 Å². The molecule has 0 saturated carbocycles. The van der Waals surface area contributed by atoms with Gasteiger partial charge in [0.2, 0.25) is 5.95 Å². The minimum absolute atomic E-state index is 0.0485. The number of nitrogens with zero attached hydrogens (tertiary/aromatic N) is 3. The van der Waals surface area contributed by atoms with Gasteiger partial charge in [-0.05, 0) is 25.5 Å². The first kappa shape index (κ1) is 13.9. The lowest BCUT2D eigenvalue weighted by Gasteiger charge is -2.13. The maximum absolute atomic E-state index is 6.13. The van der Waals surface area contributed by atoms with Gasteiger partial charge in [0.1, 0.15) is 16.3 Å². The number of benzene rings is 1. The number of aromatic nitrogens is 3. The molecule has 1 atom stereocenters. The number of nitrogens with two attached hydrogens (primary N) is 1. The summed E-state index contributed by atoms with van der Waals surface area (Å²) in [4.78, 5) is 10.2. The molecule has 2 aromatic heterocycles. The van der Waals surface area contributed by atoms with Gasteiger partial charge in [-0.1, -0.05) is 13.0 Å². The number of methoxy groups -OCH3 is 1. The second-order valence-corrected chi connectivity index (χ2v) is 6.01. The fourth-order valence-electron chi connectivity index (χ4n) is 2.47. The van der Waals surface area contributed by atoms with Crippen LogP contribution in [0.3, 0.4) is 0 Å². The van der Waals surface area contributed by atoms with Gasteiger partial charge in [-0.3, -0.25) is 0 Å². The molecule has 0 aliphatic heterocycles. The van der Waals surface area contributed by atoms with Crippen LogP contribution in [0.25, 0.3) is 11.0 Å². The van der Waals surface area contributed by atoms with Gasteiger partial charge in [0.05, 0.1) is 18.7 Å². The Kier molecular flexibility index (Phi) is 3.55. The summed E-state index contributed by atoms with van der Waals surface area (Å²) in [5.41, 5.74) is 7.88. The fourth-order valence-corrected chi connectivity index (χ4v) is 3.37. The molecule has 2 N–H and O–H groups in total. The highest BCUT2D eigenvalue weighted by atomic mass is 32.1. The maximum Gasteiger partial charge on any atom is 0.202 e. The number of rotatable bonds is 4. The average Bonchev–Trinajstić information content (AvgIpc) is 3.09. The molecule has 21 heavy (non-hydrogen) atoms. The Labute approximate surface area is 127 Å². The Morgan fingerprint density at radius 1 is 1.43 bits per heavy atom. The minimum Gasteiger partial charge on any atom is -0.494 e. The van der Waals surface area contributed by atoms with Crippen LogP contribution in [0.4, 0.5) is 5.95 Å². The summed E-state index contributed by atoms with van der Waals surface area (Å²) in [7, 11) is 1.64. The van der Waals surface area contributed by atoms with Crippen molar-refractivity contribution in [1.82, 2.24) is 14.5 Å². The molecule has 5 nitrogen and oxygen atoms in total. The molecule has 110 valence electrons. The summed E-state index contributed by atoms with van der Waals surface area (Å²) >= 11 is 1.72. The van der Waals surface area contributed by atoms with Crippen LogP contribution in [0.1, 0.15) is 29.8 Å². The van der Waals surface area contributed by atoms with E-state index in [0.717, 1.165) is 28.2 Å². The number of hydrogen-bond acceptors (Lipinski definition) is 5. The Balaban J connectivity index is 2.13. The van der Waals surface area contributed by atoms with Gasteiger partial charge in [-0.15, -0.1) is 11.3 Å². The first-order chi connectivity index (χ1) is 10.2. The molecule has 0 amide bonds. The van der Waals surface area contributed by atoms with Gasteiger partial charge >= 0.3 is 0 Å². The molecule has 0 spiro atoms. The van der Waals surface area contributed by atoms with Crippen molar-refractivity contribution in [1.29, 1.82) is 0 Å². The van der Waals surface area contributed by atoms with Crippen LogP contribution in [0.2, 0.25) is 0 Å². The van der Waals surface area contributed by atoms with Crippen LogP contribution >= 0.6 is 11.3 Å². The van der Waals surface area contributed by atoms with E-state index in [2.05, 4.69) is 23.8 Å². The van der Waals surface area contributed by atoms with E-state index < -0.39 is 0 Å². The summed E-state index contributed by atoms with van der Waals surface area (Å²) in [5, 5.41) is 1.04. The second-order valence-electron chi connectivity index (χ2n) is 4.86. The number of imidazole rings is 1. The van der Waals surface area contributed by atoms with E-state index in [1.54, 1.807) is 18.4 Å². The average molecular weight is 302 g/mol. The zero-order valence-electron chi connectivity index (χ0n) is 12.3.